The summed E-state index contributed by atoms with van der Waals surface area (Å²) in [7, 11) is 0. The fraction of sp³-hybridized carbons (Fsp3) is 0.444. The summed E-state index contributed by atoms with van der Waals surface area (Å²) in [6.07, 6.45) is 2.87. The molecule has 0 radical (unpaired) electrons. The van der Waals surface area contributed by atoms with Gasteiger partial charge in [0, 0.05) is 24.4 Å². The molecule has 2 aromatic carbocycles. The predicted octanol–water partition coefficient (Wildman–Crippen LogP) is 4.31. The first-order valence-corrected chi connectivity index (χ1v) is 12.1. The second-order valence-electron chi connectivity index (χ2n) is 9.22. The normalized spacial score (nSPS) is 20.0. The minimum Gasteiger partial charge on any atom is -0.481 e. The number of fused-ring (bicyclic) bond motifs is 3. The van der Waals surface area contributed by atoms with Crippen LogP contribution in [0.25, 0.3) is 11.1 Å². The molecular weight excluding hydrogens is 432 g/mol. The van der Waals surface area contributed by atoms with Crippen LogP contribution in [-0.4, -0.2) is 42.3 Å². The molecule has 0 spiro atoms. The summed E-state index contributed by atoms with van der Waals surface area (Å²) in [4.78, 5) is 36.3. The number of nitrogens with one attached hydrogen (secondary N) is 2. The molecule has 3 atom stereocenters. The van der Waals surface area contributed by atoms with Gasteiger partial charge in [0.05, 0.1) is 5.92 Å². The van der Waals surface area contributed by atoms with Crippen molar-refractivity contribution in [2.45, 2.75) is 51.0 Å². The molecule has 4 rings (SSSR count). The van der Waals surface area contributed by atoms with Gasteiger partial charge >= 0.3 is 12.1 Å². The van der Waals surface area contributed by atoms with Gasteiger partial charge in [-0.1, -0.05) is 61.9 Å². The zero-order valence-electron chi connectivity index (χ0n) is 19.5. The van der Waals surface area contributed by atoms with Crippen LogP contribution in [0.15, 0.2) is 48.5 Å². The zero-order chi connectivity index (χ0) is 24.1. The minimum atomic E-state index is -0.902. The summed E-state index contributed by atoms with van der Waals surface area (Å²) >= 11 is 0. The van der Waals surface area contributed by atoms with Crippen LogP contribution in [-0.2, 0) is 14.3 Å². The molecule has 2 aromatic rings. The van der Waals surface area contributed by atoms with Gasteiger partial charge in [-0.2, -0.15) is 0 Å². The standard InChI is InChI=1S/C27H32N2O5/c1-2-17(26(31)32)15-28-25(30)18-8-7-9-19(14-18)29-27(33)34-16-24-22-12-5-3-10-20(22)21-11-4-6-13-23(21)24/h3-6,10-13,17-19,24H,2,7-9,14-16H2,1H3,(H,28,30)(H,29,33)(H,31,32)/t17?,18-,19-/m1/s1. The van der Waals surface area contributed by atoms with E-state index in [2.05, 4.69) is 34.9 Å². The molecule has 7 nitrogen and oxygen atoms in total. The second kappa shape index (κ2) is 10.7. The van der Waals surface area contributed by atoms with Gasteiger partial charge in [0.15, 0.2) is 0 Å². The first-order valence-electron chi connectivity index (χ1n) is 12.1. The highest BCUT2D eigenvalue weighted by atomic mass is 16.5. The van der Waals surface area contributed by atoms with Crippen LogP contribution in [0.2, 0.25) is 0 Å². The van der Waals surface area contributed by atoms with Crippen molar-refractivity contribution in [1.82, 2.24) is 10.6 Å². The molecule has 0 aliphatic heterocycles. The fourth-order valence-electron chi connectivity index (χ4n) is 5.14. The first kappa shape index (κ1) is 23.8. The number of alkyl carbamates (subject to hydrolysis) is 1. The van der Waals surface area contributed by atoms with Gasteiger partial charge in [0.2, 0.25) is 5.91 Å². The van der Waals surface area contributed by atoms with Gasteiger partial charge in [-0.25, -0.2) is 4.79 Å². The Kier molecular flexibility index (Phi) is 7.50. The second-order valence-corrected chi connectivity index (χ2v) is 9.22. The van der Waals surface area contributed by atoms with E-state index in [-0.39, 0.29) is 36.9 Å². The summed E-state index contributed by atoms with van der Waals surface area (Å²) < 4.78 is 5.64. The lowest BCUT2D eigenvalue weighted by molar-refractivity contribution is -0.141. The highest BCUT2D eigenvalue weighted by Gasteiger charge is 2.31. The van der Waals surface area contributed by atoms with E-state index in [0.717, 1.165) is 30.4 Å². The van der Waals surface area contributed by atoms with Crippen molar-refractivity contribution in [3.05, 3.63) is 59.7 Å². The predicted molar refractivity (Wildman–Crippen MR) is 128 cm³/mol. The topological polar surface area (TPSA) is 105 Å². The maximum absolute atomic E-state index is 12.6. The fourth-order valence-corrected chi connectivity index (χ4v) is 5.14. The lowest BCUT2D eigenvalue weighted by Gasteiger charge is -2.29. The molecule has 2 amide bonds. The Morgan fingerprint density at radius 1 is 1.03 bits per heavy atom. The lowest BCUT2D eigenvalue weighted by atomic mass is 9.85. The van der Waals surface area contributed by atoms with E-state index in [1.54, 1.807) is 6.92 Å². The Morgan fingerprint density at radius 2 is 1.68 bits per heavy atom. The molecule has 1 saturated carbocycles. The number of carboxylic acid groups (broad SMARTS) is 1. The molecule has 2 aliphatic carbocycles. The Labute approximate surface area is 199 Å². The van der Waals surface area contributed by atoms with Gasteiger partial charge in [0.1, 0.15) is 6.61 Å². The average Bonchev–Trinajstić information content (AvgIpc) is 3.16. The van der Waals surface area contributed by atoms with Crippen molar-refractivity contribution in [2.24, 2.45) is 11.8 Å². The number of carboxylic acids is 1. The molecule has 0 aromatic heterocycles. The third kappa shape index (κ3) is 5.24. The maximum atomic E-state index is 12.6. The molecule has 1 unspecified atom stereocenters. The van der Waals surface area contributed by atoms with E-state index in [1.807, 2.05) is 24.3 Å². The van der Waals surface area contributed by atoms with Crippen molar-refractivity contribution in [3.8, 4) is 11.1 Å². The Hall–Kier alpha value is -3.35. The van der Waals surface area contributed by atoms with Crippen LogP contribution in [0, 0.1) is 11.8 Å². The molecule has 1 fully saturated rings. The molecule has 3 N–H and O–H groups in total. The highest BCUT2D eigenvalue weighted by molar-refractivity contribution is 5.80. The monoisotopic (exact) mass is 464 g/mol. The minimum absolute atomic E-state index is 0.00350. The van der Waals surface area contributed by atoms with E-state index in [1.165, 1.54) is 11.1 Å². The van der Waals surface area contributed by atoms with Crippen molar-refractivity contribution < 1.29 is 24.2 Å². The summed E-state index contributed by atoms with van der Waals surface area (Å²) in [5.74, 6) is -1.86. The summed E-state index contributed by atoms with van der Waals surface area (Å²) in [5.41, 5.74) is 4.69. The number of benzene rings is 2. The molecular formula is C27H32N2O5. The first-order chi connectivity index (χ1) is 16.5. The van der Waals surface area contributed by atoms with Crippen LogP contribution in [0.5, 0.6) is 0 Å². The number of rotatable bonds is 8. The lowest BCUT2D eigenvalue weighted by Crippen LogP contribution is -2.44. The zero-order valence-corrected chi connectivity index (χ0v) is 19.5. The highest BCUT2D eigenvalue weighted by Crippen LogP contribution is 2.44. The van der Waals surface area contributed by atoms with Crippen LogP contribution in [0.1, 0.15) is 56.1 Å². The van der Waals surface area contributed by atoms with Crippen molar-refractivity contribution in [1.29, 1.82) is 0 Å². The van der Waals surface area contributed by atoms with Crippen molar-refractivity contribution >= 4 is 18.0 Å². The number of hydrogen-bond acceptors (Lipinski definition) is 4. The number of hydrogen-bond donors (Lipinski definition) is 3. The number of carbonyl (C=O) groups excluding carboxylic acids is 2. The molecule has 2 aliphatic rings. The van der Waals surface area contributed by atoms with Gasteiger partial charge in [-0.3, -0.25) is 9.59 Å². The van der Waals surface area contributed by atoms with Crippen LogP contribution in [0.4, 0.5) is 4.79 Å². The van der Waals surface area contributed by atoms with Crippen molar-refractivity contribution in [2.75, 3.05) is 13.2 Å². The number of aliphatic carboxylic acids is 1. The number of ether oxygens (including phenoxy) is 1. The SMILES string of the molecule is CCC(CNC(=O)[C@@H]1CCC[C@@H](NC(=O)OCC2c3ccccc3-c3ccccc32)C1)C(=O)O. The van der Waals surface area contributed by atoms with E-state index in [4.69, 9.17) is 9.84 Å². The number of amides is 2. The molecule has 7 heteroatoms. The van der Waals surface area contributed by atoms with E-state index in [0.29, 0.717) is 12.8 Å². The molecule has 34 heavy (non-hydrogen) atoms. The quantitative estimate of drug-likeness (QED) is 0.540. The van der Waals surface area contributed by atoms with Crippen LogP contribution in [0.3, 0.4) is 0 Å². The molecule has 0 saturated heterocycles. The largest absolute Gasteiger partial charge is 0.481 e. The average molecular weight is 465 g/mol. The van der Waals surface area contributed by atoms with Gasteiger partial charge < -0.3 is 20.5 Å². The molecule has 180 valence electrons. The van der Waals surface area contributed by atoms with E-state index >= 15 is 0 Å². The van der Waals surface area contributed by atoms with Gasteiger partial charge in [-0.05, 0) is 47.9 Å². The molecule has 0 heterocycles. The van der Waals surface area contributed by atoms with E-state index in [9.17, 15) is 14.4 Å². The summed E-state index contributed by atoms with van der Waals surface area (Å²) in [6.45, 7) is 2.18. The smallest absolute Gasteiger partial charge is 0.407 e. The summed E-state index contributed by atoms with van der Waals surface area (Å²) in [6, 6.07) is 16.3. The summed E-state index contributed by atoms with van der Waals surface area (Å²) in [5, 5.41) is 14.9. The third-order valence-electron chi connectivity index (χ3n) is 7.08. The Bertz CT molecular complexity index is 1010. The van der Waals surface area contributed by atoms with Crippen LogP contribution >= 0.6 is 0 Å². The van der Waals surface area contributed by atoms with Gasteiger partial charge in [-0.15, -0.1) is 0 Å². The molecule has 0 bridgehead atoms. The number of carbonyl (C=O) groups is 3. The van der Waals surface area contributed by atoms with E-state index < -0.39 is 18.0 Å². The Balaban J connectivity index is 1.29. The van der Waals surface area contributed by atoms with Gasteiger partial charge in [0.25, 0.3) is 0 Å². The van der Waals surface area contributed by atoms with Crippen LogP contribution < -0.4 is 10.6 Å². The van der Waals surface area contributed by atoms with Crippen molar-refractivity contribution in [3.63, 3.8) is 0 Å². The third-order valence-corrected chi connectivity index (χ3v) is 7.08. The Morgan fingerprint density at radius 3 is 2.29 bits per heavy atom. The maximum Gasteiger partial charge on any atom is 0.407 e.